The van der Waals surface area contributed by atoms with Gasteiger partial charge >= 0.3 is 0 Å². The zero-order valence-corrected chi connectivity index (χ0v) is 15.4. The van der Waals surface area contributed by atoms with E-state index in [1.807, 2.05) is 0 Å². The van der Waals surface area contributed by atoms with Gasteiger partial charge < -0.3 is 14.7 Å². The van der Waals surface area contributed by atoms with E-state index in [9.17, 15) is 4.79 Å². The Morgan fingerprint density at radius 3 is 2.89 bits per heavy atom. The van der Waals surface area contributed by atoms with Crippen molar-refractivity contribution in [3.8, 4) is 0 Å². The Morgan fingerprint density at radius 1 is 1.11 bits per heavy atom. The van der Waals surface area contributed by atoms with Gasteiger partial charge in [-0.2, -0.15) is 4.98 Å². The van der Waals surface area contributed by atoms with E-state index < -0.39 is 0 Å². The van der Waals surface area contributed by atoms with Crippen LogP contribution >= 0.6 is 0 Å². The minimum absolute atomic E-state index is 0.0257. The molecule has 3 aliphatic rings. The summed E-state index contributed by atoms with van der Waals surface area (Å²) in [6, 6.07) is 0.251. The first kappa shape index (κ1) is 16.6. The number of nitrogens with one attached hydrogen (secondary N) is 1. The quantitative estimate of drug-likeness (QED) is 0.827. The third kappa shape index (κ3) is 3.28. The monoisotopic (exact) mass is 368 g/mol. The Bertz CT molecular complexity index is 846. The van der Waals surface area contributed by atoms with Crippen molar-refractivity contribution in [1.82, 2.24) is 25.4 Å². The van der Waals surface area contributed by atoms with E-state index in [0.717, 1.165) is 50.9 Å². The number of anilines is 1. The van der Waals surface area contributed by atoms with Crippen molar-refractivity contribution in [1.29, 1.82) is 0 Å². The highest BCUT2D eigenvalue weighted by Gasteiger charge is 2.35. The molecule has 8 nitrogen and oxygen atoms in total. The summed E-state index contributed by atoms with van der Waals surface area (Å²) in [5, 5.41) is 6.82. The predicted octanol–water partition coefficient (Wildman–Crippen LogP) is 2.36. The Labute approximate surface area is 157 Å². The molecule has 1 amide bonds. The molecule has 142 valence electrons. The van der Waals surface area contributed by atoms with Gasteiger partial charge in [-0.1, -0.05) is 11.6 Å². The van der Waals surface area contributed by atoms with Crippen LogP contribution in [0.5, 0.6) is 0 Å². The summed E-state index contributed by atoms with van der Waals surface area (Å²) < 4.78 is 5.49. The van der Waals surface area contributed by atoms with Crippen LogP contribution in [0.25, 0.3) is 0 Å². The van der Waals surface area contributed by atoms with E-state index in [4.69, 9.17) is 4.52 Å². The van der Waals surface area contributed by atoms with Gasteiger partial charge in [-0.25, -0.2) is 9.97 Å². The van der Waals surface area contributed by atoms with Crippen LogP contribution in [-0.2, 0) is 12.8 Å². The zero-order chi connectivity index (χ0) is 18.2. The van der Waals surface area contributed by atoms with Gasteiger partial charge in [0.25, 0.3) is 11.7 Å². The highest BCUT2D eigenvalue weighted by atomic mass is 16.5. The smallest absolute Gasteiger partial charge is 0.292 e. The number of carbonyl (C=O) groups is 1. The van der Waals surface area contributed by atoms with Crippen LogP contribution in [0.2, 0.25) is 0 Å². The molecule has 1 saturated heterocycles. The van der Waals surface area contributed by atoms with Crippen LogP contribution in [0, 0.1) is 0 Å². The number of hydrogen-bond donors (Lipinski definition) is 1. The highest BCUT2D eigenvalue weighted by Crippen LogP contribution is 2.37. The number of carbonyl (C=O) groups excluding carboxylic acids is 1. The van der Waals surface area contributed by atoms with E-state index in [-0.39, 0.29) is 23.8 Å². The fraction of sp³-hybridized carbons (Fsp3) is 0.632. The molecule has 1 aliphatic heterocycles. The van der Waals surface area contributed by atoms with Crippen molar-refractivity contribution in [3.05, 3.63) is 29.3 Å². The highest BCUT2D eigenvalue weighted by molar-refractivity contribution is 5.90. The normalized spacial score (nSPS) is 22.4. The van der Waals surface area contributed by atoms with Gasteiger partial charge in [0.2, 0.25) is 5.89 Å². The summed E-state index contributed by atoms with van der Waals surface area (Å²) in [4.78, 5) is 28.0. The van der Waals surface area contributed by atoms with Crippen molar-refractivity contribution >= 4 is 11.7 Å². The average Bonchev–Trinajstić information content (AvgIpc) is 3.22. The second-order valence-electron chi connectivity index (χ2n) is 7.74. The molecule has 0 bridgehead atoms. The van der Waals surface area contributed by atoms with E-state index >= 15 is 0 Å². The van der Waals surface area contributed by atoms with Gasteiger partial charge in [-0.15, -0.1) is 0 Å². The van der Waals surface area contributed by atoms with E-state index in [1.54, 1.807) is 6.33 Å². The van der Waals surface area contributed by atoms with E-state index in [1.165, 1.54) is 30.5 Å². The molecule has 2 fully saturated rings. The maximum Gasteiger partial charge on any atom is 0.292 e. The van der Waals surface area contributed by atoms with E-state index in [0.29, 0.717) is 5.89 Å². The van der Waals surface area contributed by atoms with Crippen molar-refractivity contribution in [2.24, 2.45) is 0 Å². The molecule has 3 heterocycles. The molecule has 2 aromatic heterocycles. The minimum atomic E-state index is -0.243. The number of amides is 1. The van der Waals surface area contributed by atoms with Crippen molar-refractivity contribution in [2.75, 3.05) is 11.4 Å². The molecule has 1 saturated carbocycles. The first-order valence-corrected chi connectivity index (χ1v) is 10.0. The first-order chi connectivity index (χ1) is 13.3. The molecule has 1 atom stereocenters. The molecular weight excluding hydrogens is 344 g/mol. The summed E-state index contributed by atoms with van der Waals surface area (Å²) in [7, 11) is 0. The molecule has 2 aromatic rings. The first-order valence-electron chi connectivity index (χ1n) is 10.0. The number of hydrogen-bond acceptors (Lipinski definition) is 7. The lowest BCUT2D eigenvalue weighted by Gasteiger charge is -2.25. The Morgan fingerprint density at radius 2 is 2.00 bits per heavy atom. The number of fused-ring (bicyclic) bond motifs is 1. The summed E-state index contributed by atoms with van der Waals surface area (Å²) in [5.41, 5.74) is 2.45. The molecule has 0 radical (unpaired) electrons. The van der Waals surface area contributed by atoms with Gasteiger partial charge in [0, 0.05) is 23.8 Å². The molecule has 1 N–H and O–H groups in total. The Balaban J connectivity index is 1.41. The summed E-state index contributed by atoms with van der Waals surface area (Å²) in [5.74, 6) is 1.40. The largest absolute Gasteiger partial charge is 0.346 e. The summed E-state index contributed by atoms with van der Waals surface area (Å²) in [6.45, 7) is 0.903. The molecule has 5 rings (SSSR count). The van der Waals surface area contributed by atoms with Crippen LogP contribution in [0.15, 0.2) is 10.9 Å². The molecule has 0 spiro atoms. The second-order valence-corrected chi connectivity index (χ2v) is 7.74. The maximum absolute atomic E-state index is 12.2. The topological polar surface area (TPSA) is 97.0 Å². The van der Waals surface area contributed by atoms with Crippen molar-refractivity contribution in [2.45, 2.75) is 69.9 Å². The van der Waals surface area contributed by atoms with Gasteiger partial charge in [0.1, 0.15) is 18.2 Å². The number of rotatable bonds is 4. The Kier molecular flexibility index (Phi) is 4.26. The maximum atomic E-state index is 12.2. The Hall–Kier alpha value is -2.51. The lowest BCUT2D eigenvalue weighted by molar-refractivity contribution is 0.0937. The van der Waals surface area contributed by atoms with Crippen LogP contribution in [-0.4, -0.2) is 38.6 Å². The molecule has 8 heteroatoms. The molecule has 0 unspecified atom stereocenters. The lowest BCUT2D eigenvalue weighted by atomic mass is 10.1. The molecular formula is C19H24N6O2. The molecule has 0 aromatic carbocycles. The van der Waals surface area contributed by atoms with Crippen LogP contribution in [0.3, 0.4) is 0 Å². The fourth-order valence-corrected chi connectivity index (χ4v) is 4.15. The standard InChI is InChI=1S/C19H24N6O2/c26-18(22-12-8-9-12)16-23-19(27-24-16)15-7-4-10-25(15)17-13-5-2-1-3-6-14(13)20-11-21-17/h11-12,15H,1-10H2,(H,22,26)/t15-/m0/s1. The van der Waals surface area contributed by atoms with Crippen molar-refractivity contribution in [3.63, 3.8) is 0 Å². The number of aryl methyl sites for hydroxylation is 1. The summed E-state index contributed by atoms with van der Waals surface area (Å²) in [6.07, 6.45) is 11.4. The van der Waals surface area contributed by atoms with Crippen LogP contribution < -0.4 is 10.2 Å². The number of nitrogens with zero attached hydrogens (tertiary/aromatic N) is 5. The zero-order valence-electron chi connectivity index (χ0n) is 15.4. The third-order valence-corrected chi connectivity index (χ3v) is 5.72. The van der Waals surface area contributed by atoms with Gasteiger partial charge in [-0.3, -0.25) is 4.79 Å². The van der Waals surface area contributed by atoms with Gasteiger partial charge in [0.05, 0.1) is 0 Å². The van der Waals surface area contributed by atoms with Crippen molar-refractivity contribution < 1.29 is 9.32 Å². The fourth-order valence-electron chi connectivity index (χ4n) is 4.15. The second kappa shape index (κ2) is 6.90. The SMILES string of the molecule is O=C(NC1CC1)c1noc([C@@H]2CCCN2c2ncnc3c2CCCCC3)n1. The number of aromatic nitrogens is 4. The third-order valence-electron chi connectivity index (χ3n) is 5.72. The minimum Gasteiger partial charge on any atom is -0.346 e. The summed E-state index contributed by atoms with van der Waals surface area (Å²) >= 11 is 0. The van der Waals surface area contributed by atoms with E-state index in [2.05, 4.69) is 30.3 Å². The lowest BCUT2D eigenvalue weighted by Crippen LogP contribution is -2.27. The van der Waals surface area contributed by atoms with Gasteiger partial charge in [0.15, 0.2) is 0 Å². The molecule has 2 aliphatic carbocycles. The predicted molar refractivity (Wildman–Crippen MR) is 97.4 cm³/mol. The average molecular weight is 368 g/mol. The van der Waals surface area contributed by atoms with Crippen LogP contribution in [0.4, 0.5) is 5.82 Å². The van der Waals surface area contributed by atoms with Crippen LogP contribution in [0.1, 0.15) is 78.8 Å². The molecule has 27 heavy (non-hydrogen) atoms. The van der Waals surface area contributed by atoms with Gasteiger partial charge in [-0.05, 0) is 51.4 Å².